The van der Waals surface area contributed by atoms with E-state index in [0.29, 0.717) is 0 Å². The van der Waals surface area contributed by atoms with Crippen molar-refractivity contribution >= 4 is 0 Å². The van der Waals surface area contributed by atoms with E-state index in [1.807, 2.05) is 24.6 Å². The van der Waals surface area contributed by atoms with E-state index in [2.05, 4.69) is 48.8 Å². The number of dihydropyridines is 2. The van der Waals surface area contributed by atoms with Gasteiger partial charge >= 0.3 is 0 Å². The molecular formula is C15H22N2. The molecule has 0 aromatic rings. The number of rotatable bonds is 4. The molecule has 2 aliphatic heterocycles. The maximum atomic E-state index is 3.43. The normalized spacial score (nSPS) is 34.5. The molecule has 0 aliphatic carbocycles. The lowest BCUT2D eigenvalue weighted by molar-refractivity contribution is 0.381. The van der Waals surface area contributed by atoms with Crippen LogP contribution in [0.1, 0.15) is 33.1 Å². The Bertz CT molecular complexity index is 342. The van der Waals surface area contributed by atoms with Gasteiger partial charge in [-0.3, -0.25) is 0 Å². The van der Waals surface area contributed by atoms with Gasteiger partial charge in [-0.2, -0.15) is 0 Å². The lowest BCUT2D eigenvalue weighted by Crippen LogP contribution is -2.41. The number of hydrogen-bond donors (Lipinski definition) is 2. The number of hydrogen-bond acceptors (Lipinski definition) is 2. The molecule has 2 N–H and O–H groups in total. The first-order chi connectivity index (χ1) is 8.12. The lowest BCUT2D eigenvalue weighted by Gasteiger charge is -2.32. The molecule has 2 unspecified atom stereocenters. The van der Waals surface area contributed by atoms with Gasteiger partial charge in [-0.25, -0.2) is 0 Å². The van der Waals surface area contributed by atoms with E-state index in [-0.39, 0.29) is 11.1 Å². The van der Waals surface area contributed by atoms with Crippen LogP contribution in [0.3, 0.4) is 0 Å². The van der Waals surface area contributed by atoms with Crippen LogP contribution in [-0.2, 0) is 0 Å². The van der Waals surface area contributed by atoms with Crippen LogP contribution in [-0.4, -0.2) is 11.1 Å². The zero-order valence-electron chi connectivity index (χ0n) is 10.7. The summed E-state index contributed by atoms with van der Waals surface area (Å²) in [5.74, 6) is 0. The molecule has 0 fully saturated rings. The van der Waals surface area contributed by atoms with Crippen LogP contribution >= 0.6 is 0 Å². The van der Waals surface area contributed by atoms with E-state index in [1.54, 1.807) is 0 Å². The molecule has 2 rings (SSSR count). The van der Waals surface area contributed by atoms with Crippen LogP contribution in [0.2, 0.25) is 0 Å². The molecule has 0 saturated carbocycles. The van der Waals surface area contributed by atoms with E-state index >= 15 is 0 Å². The molecule has 0 bridgehead atoms. The second kappa shape index (κ2) is 4.82. The second-order valence-electron chi connectivity index (χ2n) is 5.41. The fourth-order valence-corrected chi connectivity index (χ4v) is 2.35. The zero-order chi connectivity index (χ0) is 12.2. The van der Waals surface area contributed by atoms with Crippen molar-refractivity contribution in [3.8, 4) is 0 Å². The smallest absolute Gasteiger partial charge is 0.0525 e. The Labute approximate surface area is 104 Å². The van der Waals surface area contributed by atoms with Crippen molar-refractivity contribution in [2.45, 2.75) is 44.2 Å². The largest absolute Gasteiger partial charge is 0.382 e. The molecule has 0 spiro atoms. The molecule has 2 atom stereocenters. The Balaban J connectivity index is 1.80. The molecule has 0 amide bonds. The van der Waals surface area contributed by atoms with Gasteiger partial charge in [0.1, 0.15) is 0 Å². The topological polar surface area (TPSA) is 24.1 Å². The van der Waals surface area contributed by atoms with Gasteiger partial charge in [0, 0.05) is 0 Å². The maximum absolute atomic E-state index is 3.43. The first kappa shape index (κ1) is 12.0. The first-order valence-corrected chi connectivity index (χ1v) is 6.36. The lowest BCUT2D eigenvalue weighted by atomic mass is 9.87. The molecule has 17 heavy (non-hydrogen) atoms. The van der Waals surface area contributed by atoms with E-state index in [0.717, 1.165) is 12.8 Å². The average molecular weight is 230 g/mol. The molecule has 2 nitrogen and oxygen atoms in total. The highest BCUT2D eigenvalue weighted by Gasteiger charge is 2.24. The van der Waals surface area contributed by atoms with Crippen molar-refractivity contribution < 1.29 is 0 Å². The summed E-state index contributed by atoms with van der Waals surface area (Å²) < 4.78 is 0. The molecule has 0 aromatic carbocycles. The Kier molecular flexibility index (Phi) is 3.41. The minimum atomic E-state index is 0.124. The third kappa shape index (κ3) is 3.26. The van der Waals surface area contributed by atoms with Gasteiger partial charge < -0.3 is 10.6 Å². The molecule has 92 valence electrons. The predicted molar refractivity (Wildman–Crippen MR) is 73.5 cm³/mol. The highest BCUT2D eigenvalue weighted by atomic mass is 15.0. The maximum Gasteiger partial charge on any atom is 0.0525 e. The van der Waals surface area contributed by atoms with Crippen LogP contribution in [0.5, 0.6) is 0 Å². The minimum absolute atomic E-state index is 0.124. The van der Waals surface area contributed by atoms with Crippen LogP contribution in [0, 0.1) is 0 Å². The van der Waals surface area contributed by atoms with Crippen molar-refractivity contribution in [1.29, 1.82) is 0 Å². The Morgan fingerprint density at radius 1 is 0.765 bits per heavy atom. The summed E-state index contributed by atoms with van der Waals surface area (Å²) in [6.45, 7) is 4.50. The monoisotopic (exact) mass is 230 g/mol. The van der Waals surface area contributed by atoms with Crippen LogP contribution in [0.15, 0.2) is 48.9 Å². The van der Waals surface area contributed by atoms with Crippen molar-refractivity contribution in [1.82, 2.24) is 10.6 Å². The third-order valence-corrected chi connectivity index (χ3v) is 3.56. The van der Waals surface area contributed by atoms with Gasteiger partial charge in [-0.15, -0.1) is 0 Å². The van der Waals surface area contributed by atoms with Gasteiger partial charge in [-0.05, 0) is 57.7 Å². The molecule has 2 heterocycles. The van der Waals surface area contributed by atoms with Gasteiger partial charge in [0.25, 0.3) is 0 Å². The highest BCUT2D eigenvalue weighted by Crippen LogP contribution is 2.23. The van der Waals surface area contributed by atoms with Crippen molar-refractivity contribution in [2.75, 3.05) is 0 Å². The molecule has 2 heteroatoms. The van der Waals surface area contributed by atoms with Gasteiger partial charge in [-0.1, -0.05) is 24.3 Å². The third-order valence-electron chi connectivity index (χ3n) is 3.56. The zero-order valence-corrected chi connectivity index (χ0v) is 10.7. The van der Waals surface area contributed by atoms with Gasteiger partial charge in [0.05, 0.1) is 11.1 Å². The van der Waals surface area contributed by atoms with Crippen molar-refractivity contribution in [3.05, 3.63) is 48.9 Å². The summed E-state index contributed by atoms with van der Waals surface area (Å²) in [5, 5.41) is 6.85. The molecule has 2 aliphatic rings. The van der Waals surface area contributed by atoms with Crippen LogP contribution in [0.25, 0.3) is 0 Å². The van der Waals surface area contributed by atoms with E-state index < -0.39 is 0 Å². The second-order valence-corrected chi connectivity index (χ2v) is 5.41. The molecule has 0 aromatic heterocycles. The Hall–Kier alpha value is -1.44. The van der Waals surface area contributed by atoms with Gasteiger partial charge in [0.2, 0.25) is 0 Å². The molecular weight excluding hydrogens is 208 g/mol. The summed E-state index contributed by atoms with van der Waals surface area (Å²) in [7, 11) is 0. The quantitative estimate of drug-likeness (QED) is 0.775. The summed E-state index contributed by atoms with van der Waals surface area (Å²) in [4.78, 5) is 0. The van der Waals surface area contributed by atoms with Crippen molar-refractivity contribution in [3.63, 3.8) is 0 Å². The number of allylic oxidation sites excluding steroid dienone is 4. The summed E-state index contributed by atoms with van der Waals surface area (Å²) in [6.07, 6.45) is 20.4. The Morgan fingerprint density at radius 3 is 1.59 bits per heavy atom. The van der Waals surface area contributed by atoms with E-state index in [1.165, 1.54) is 6.42 Å². The van der Waals surface area contributed by atoms with E-state index in [9.17, 15) is 0 Å². The SMILES string of the molecule is CC1(CCCC2(C)C=CC=CN2)C=CC=CN1. The fourth-order valence-electron chi connectivity index (χ4n) is 2.35. The minimum Gasteiger partial charge on any atom is -0.382 e. The Morgan fingerprint density at radius 2 is 1.24 bits per heavy atom. The first-order valence-electron chi connectivity index (χ1n) is 6.36. The number of nitrogens with one attached hydrogen (secondary N) is 2. The summed E-state index contributed by atoms with van der Waals surface area (Å²) >= 11 is 0. The van der Waals surface area contributed by atoms with Crippen molar-refractivity contribution in [2.24, 2.45) is 0 Å². The van der Waals surface area contributed by atoms with Gasteiger partial charge in [0.15, 0.2) is 0 Å². The fraction of sp³-hybridized carbons (Fsp3) is 0.467. The molecule has 0 radical (unpaired) electrons. The summed E-state index contributed by atoms with van der Waals surface area (Å²) in [5.41, 5.74) is 0.249. The standard InChI is InChI=1S/C15H22N2/c1-14(8-3-5-12-16-14)10-7-11-15(2)9-4-6-13-17-15/h3-6,8-9,12-13,16-17H,7,10-11H2,1-2H3. The highest BCUT2D eigenvalue weighted by molar-refractivity contribution is 5.19. The van der Waals surface area contributed by atoms with Crippen LogP contribution in [0.4, 0.5) is 0 Å². The average Bonchev–Trinajstić information content (AvgIpc) is 2.30. The van der Waals surface area contributed by atoms with Crippen LogP contribution < -0.4 is 10.6 Å². The molecule has 0 saturated heterocycles. The van der Waals surface area contributed by atoms with E-state index in [4.69, 9.17) is 0 Å². The predicted octanol–water partition coefficient (Wildman–Crippen LogP) is 3.02. The summed E-state index contributed by atoms with van der Waals surface area (Å²) in [6, 6.07) is 0.